The van der Waals surface area contributed by atoms with Crippen LogP contribution in [0.4, 0.5) is 0 Å². The number of pyridine rings is 1. The molecule has 1 unspecified atom stereocenters. The van der Waals surface area contributed by atoms with E-state index in [0.717, 1.165) is 17.7 Å². The summed E-state index contributed by atoms with van der Waals surface area (Å²) in [5, 5.41) is 9.29. The number of nitrogens with zero attached hydrogens (tertiary/aromatic N) is 2. The Bertz CT molecular complexity index is 822. The molecule has 0 saturated carbocycles. The molecule has 0 amide bonds. The molecule has 2 aromatic rings. The van der Waals surface area contributed by atoms with Crippen molar-refractivity contribution >= 4 is 12.2 Å². The van der Waals surface area contributed by atoms with Crippen LogP contribution >= 0.6 is 0 Å². The van der Waals surface area contributed by atoms with Gasteiger partial charge in [0, 0.05) is 11.9 Å². The molecule has 2 rings (SSSR count). The summed E-state index contributed by atoms with van der Waals surface area (Å²) in [4.78, 5) is 20.3. The van der Waals surface area contributed by atoms with Gasteiger partial charge >= 0.3 is 5.97 Å². The third kappa shape index (κ3) is 4.21. The predicted molar refractivity (Wildman–Crippen MR) is 101 cm³/mol. The van der Waals surface area contributed by atoms with Gasteiger partial charge in [-0.05, 0) is 56.0 Å². The number of carboxylic acid groups (broad SMARTS) is 1. The third-order valence-electron chi connectivity index (χ3n) is 4.26. The van der Waals surface area contributed by atoms with E-state index in [1.165, 1.54) is 17.2 Å². The molecule has 1 aromatic carbocycles. The Morgan fingerprint density at radius 2 is 1.96 bits per heavy atom. The minimum atomic E-state index is -1.03. The molecule has 0 aliphatic heterocycles. The van der Waals surface area contributed by atoms with Crippen LogP contribution in [0.2, 0.25) is 0 Å². The highest BCUT2D eigenvalue weighted by molar-refractivity contribution is 5.85. The van der Waals surface area contributed by atoms with Crippen LogP contribution in [0.25, 0.3) is 0 Å². The minimum absolute atomic E-state index is 0.0442. The maximum absolute atomic E-state index is 11.3. The molecular weight excluding hydrogens is 312 g/mol. The molecule has 4 heteroatoms. The molecule has 1 N–H and O–H groups in total. The Morgan fingerprint density at radius 1 is 1.24 bits per heavy atom. The number of rotatable bonds is 6. The first-order chi connectivity index (χ1) is 12.0. The summed E-state index contributed by atoms with van der Waals surface area (Å²) >= 11 is 0. The van der Waals surface area contributed by atoms with Crippen molar-refractivity contribution in [3.8, 4) is 0 Å². The average molecular weight is 336 g/mol. The fraction of sp³-hybridized carbons (Fsp3) is 0.286. The lowest BCUT2D eigenvalue weighted by Gasteiger charge is -2.21. The molecule has 1 aromatic heterocycles. The number of allylic oxidation sites excluding steroid dienone is 2. The first-order valence-electron chi connectivity index (χ1n) is 8.44. The molecule has 130 valence electrons. The molecule has 4 nitrogen and oxygen atoms in total. The molecule has 1 heterocycles. The van der Waals surface area contributed by atoms with Gasteiger partial charge in [-0.15, -0.1) is 0 Å². The number of carbonyl (C=O) groups is 1. The first-order valence-corrected chi connectivity index (χ1v) is 8.44. The van der Waals surface area contributed by atoms with Crippen molar-refractivity contribution < 1.29 is 9.90 Å². The molecule has 0 bridgehead atoms. The summed E-state index contributed by atoms with van der Waals surface area (Å²) in [5.74, 6) is -1.23. The van der Waals surface area contributed by atoms with Gasteiger partial charge in [0.15, 0.2) is 0 Å². The number of hydrogen-bond acceptors (Lipinski definition) is 3. The van der Waals surface area contributed by atoms with E-state index in [1.54, 1.807) is 6.07 Å². The normalized spacial score (nSPS) is 13.2. The SMILES string of the molecule is C/C=C(\N=CCC)C(c1cccc(C(=O)O)n1)c1cccc(C)c1C. The first kappa shape index (κ1) is 18.6. The lowest BCUT2D eigenvalue weighted by atomic mass is 9.87. The van der Waals surface area contributed by atoms with E-state index in [2.05, 4.69) is 36.0 Å². The van der Waals surface area contributed by atoms with E-state index >= 15 is 0 Å². The number of hydrogen-bond donors (Lipinski definition) is 1. The summed E-state index contributed by atoms with van der Waals surface area (Å²) in [6, 6.07) is 11.3. The van der Waals surface area contributed by atoms with Crippen molar-refractivity contribution in [2.45, 2.75) is 40.0 Å². The van der Waals surface area contributed by atoms with E-state index in [1.807, 2.05) is 38.3 Å². The van der Waals surface area contributed by atoms with Crippen LogP contribution in [0.1, 0.15) is 59.1 Å². The van der Waals surface area contributed by atoms with Gasteiger partial charge in [-0.2, -0.15) is 0 Å². The van der Waals surface area contributed by atoms with Crippen LogP contribution in [-0.4, -0.2) is 22.3 Å². The summed E-state index contributed by atoms with van der Waals surface area (Å²) in [7, 11) is 0. The monoisotopic (exact) mass is 336 g/mol. The highest BCUT2D eigenvalue weighted by Crippen LogP contribution is 2.34. The van der Waals surface area contributed by atoms with Gasteiger partial charge in [0.05, 0.1) is 11.6 Å². The smallest absolute Gasteiger partial charge is 0.354 e. The Hall–Kier alpha value is -2.75. The van der Waals surface area contributed by atoms with Crippen LogP contribution in [-0.2, 0) is 0 Å². The average Bonchev–Trinajstić information content (AvgIpc) is 2.61. The minimum Gasteiger partial charge on any atom is -0.477 e. The Kier molecular flexibility index (Phi) is 6.23. The second-order valence-corrected chi connectivity index (χ2v) is 5.91. The molecule has 0 fully saturated rings. The van der Waals surface area contributed by atoms with Crippen LogP contribution in [0.5, 0.6) is 0 Å². The standard InChI is InChI=1S/C21H24N2O2/c1-5-13-22-17(6-2)20(16-10-7-9-14(3)15(16)4)18-11-8-12-19(23-18)21(24)25/h6-13,20H,5H2,1-4H3,(H,24,25)/b17-6-,22-13?. The van der Waals surface area contributed by atoms with Crippen molar-refractivity contribution in [1.82, 2.24) is 4.98 Å². The highest BCUT2D eigenvalue weighted by atomic mass is 16.4. The van der Waals surface area contributed by atoms with E-state index in [0.29, 0.717) is 5.69 Å². The second-order valence-electron chi connectivity index (χ2n) is 5.91. The molecular formula is C21H24N2O2. The number of aromatic nitrogens is 1. The van der Waals surface area contributed by atoms with Gasteiger partial charge in [-0.1, -0.05) is 37.3 Å². The number of benzene rings is 1. The molecule has 0 spiro atoms. The molecule has 1 atom stereocenters. The zero-order chi connectivity index (χ0) is 18.4. The summed E-state index contributed by atoms with van der Waals surface area (Å²) in [6.07, 6.45) is 4.67. The molecule has 0 radical (unpaired) electrons. The van der Waals surface area contributed by atoms with Gasteiger partial charge in [-0.25, -0.2) is 9.78 Å². The number of aromatic carboxylic acids is 1. The lowest BCUT2D eigenvalue weighted by Crippen LogP contribution is -2.11. The van der Waals surface area contributed by atoms with Crippen molar-refractivity contribution in [1.29, 1.82) is 0 Å². The van der Waals surface area contributed by atoms with Crippen molar-refractivity contribution in [2.24, 2.45) is 4.99 Å². The van der Waals surface area contributed by atoms with E-state index in [9.17, 15) is 9.90 Å². The fourth-order valence-corrected chi connectivity index (χ4v) is 2.80. The number of carboxylic acids is 1. The van der Waals surface area contributed by atoms with Gasteiger partial charge in [-0.3, -0.25) is 4.99 Å². The molecule has 0 aliphatic rings. The van der Waals surface area contributed by atoms with Gasteiger partial charge < -0.3 is 5.11 Å². The topological polar surface area (TPSA) is 62.5 Å². The summed E-state index contributed by atoms with van der Waals surface area (Å²) in [5.41, 5.74) is 5.05. The van der Waals surface area contributed by atoms with Crippen LogP contribution in [0.15, 0.2) is 53.2 Å². The quantitative estimate of drug-likeness (QED) is 0.762. The largest absolute Gasteiger partial charge is 0.477 e. The predicted octanol–water partition coefficient (Wildman–Crippen LogP) is 4.91. The lowest BCUT2D eigenvalue weighted by molar-refractivity contribution is 0.0690. The molecule has 25 heavy (non-hydrogen) atoms. The summed E-state index contributed by atoms with van der Waals surface area (Å²) < 4.78 is 0. The van der Waals surface area contributed by atoms with Crippen molar-refractivity contribution in [3.05, 3.63) is 76.2 Å². The fourth-order valence-electron chi connectivity index (χ4n) is 2.80. The van der Waals surface area contributed by atoms with Gasteiger partial charge in [0.2, 0.25) is 0 Å². The zero-order valence-corrected chi connectivity index (χ0v) is 15.2. The number of aliphatic imine (C=N–C) groups is 1. The summed E-state index contributed by atoms with van der Waals surface area (Å²) in [6.45, 7) is 8.13. The van der Waals surface area contributed by atoms with E-state index < -0.39 is 5.97 Å². The Balaban J connectivity index is 2.68. The molecule has 0 aliphatic carbocycles. The Labute approximate surface area is 149 Å². The van der Waals surface area contributed by atoms with Crippen LogP contribution < -0.4 is 0 Å². The Morgan fingerprint density at radius 3 is 2.60 bits per heavy atom. The second kappa shape index (κ2) is 8.38. The maximum Gasteiger partial charge on any atom is 0.354 e. The van der Waals surface area contributed by atoms with Gasteiger partial charge in [0.25, 0.3) is 0 Å². The maximum atomic E-state index is 11.3. The van der Waals surface area contributed by atoms with Crippen LogP contribution in [0.3, 0.4) is 0 Å². The van der Waals surface area contributed by atoms with Crippen molar-refractivity contribution in [2.75, 3.05) is 0 Å². The van der Waals surface area contributed by atoms with Crippen molar-refractivity contribution in [3.63, 3.8) is 0 Å². The van der Waals surface area contributed by atoms with Crippen LogP contribution in [0, 0.1) is 13.8 Å². The highest BCUT2D eigenvalue weighted by Gasteiger charge is 2.23. The van der Waals surface area contributed by atoms with E-state index in [4.69, 9.17) is 0 Å². The van der Waals surface area contributed by atoms with Gasteiger partial charge in [0.1, 0.15) is 5.69 Å². The zero-order valence-electron chi connectivity index (χ0n) is 15.2. The third-order valence-corrected chi connectivity index (χ3v) is 4.26. The molecule has 0 saturated heterocycles. The van der Waals surface area contributed by atoms with E-state index in [-0.39, 0.29) is 11.6 Å². The number of aryl methyl sites for hydroxylation is 1.